The number of pyridine rings is 1. The van der Waals surface area contributed by atoms with Gasteiger partial charge in [-0.3, -0.25) is 0 Å². The van der Waals surface area contributed by atoms with Crippen molar-refractivity contribution < 1.29 is 0 Å². The molecule has 0 fully saturated rings. The lowest BCUT2D eigenvalue weighted by Crippen LogP contribution is -2.11. The van der Waals surface area contributed by atoms with E-state index in [9.17, 15) is 0 Å². The minimum absolute atomic E-state index is 0.212. The van der Waals surface area contributed by atoms with E-state index in [0.717, 1.165) is 16.5 Å². The van der Waals surface area contributed by atoms with Crippen LogP contribution in [0.5, 0.6) is 0 Å². The van der Waals surface area contributed by atoms with Crippen LogP contribution < -0.4 is 10.2 Å². The molecule has 1 aromatic carbocycles. The highest BCUT2D eigenvalue weighted by atomic mass is 35.5. The fourth-order valence-electron chi connectivity index (χ4n) is 1.82. The summed E-state index contributed by atoms with van der Waals surface area (Å²) in [5.74, 6) is 0.949. The molecular formula is C15H18ClN3. The summed E-state index contributed by atoms with van der Waals surface area (Å²) in [5, 5.41) is 4.18. The topological polar surface area (TPSA) is 28.2 Å². The van der Waals surface area contributed by atoms with Crippen molar-refractivity contribution in [3.63, 3.8) is 0 Å². The maximum atomic E-state index is 5.89. The highest BCUT2D eigenvalue weighted by molar-refractivity contribution is 6.30. The number of aromatic nitrogens is 1. The molecular weight excluding hydrogens is 258 g/mol. The Balaban J connectivity index is 2.06. The Kier molecular flexibility index (Phi) is 4.27. The van der Waals surface area contributed by atoms with Gasteiger partial charge in [-0.05, 0) is 36.8 Å². The predicted octanol–water partition coefficient (Wildman–Crippen LogP) is 3.97. The molecule has 2 rings (SSSR count). The highest BCUT2D eigenvalue weighted by Crippen LogP contribution is 2.21. The maximum Gasteiger partial charge on any atom is 0.128 e. The lowest BCUT2D eigenvalue weighted by atomic mass is 10.1. The third-order valence-corrected chi connectivity index (χ3v) is 3.21. The molecule has 19 heavy (non-hydrogen) atoms. The van der Waals surface area contributed by atoms with Crippen molar-refractivity contribution in [1.82, 2.24) is 4.98 Å². The van der Waals surface area contributed by atoms with E-state index in [0.29, 0.717) is 0 Å². The van der Waals surface area contributed by atoms with Crippen LogP contribution in [0.3, 0.4) is 0 Å². The number of halogens is 1. The minimum atomic E-state index is 0.212. The molecule has 0 saturated heterocycles. The minimum Gasteiger partial charge on any atom is -0.377 e. The van der Waals surface area contributed by atoms with Gasteiger partial charge in [0.2, 0.25) is 0 Å². The van der Waals surface area contributed by atoms with Crippen LogP contribution in [0.1, 0.15) is 18.5 Å². The van der Waals surface area contributed by atoms with Gasteiger partial charge in [0.1, 0.15) is 5.82 Å². The van der Waals surface area contributed by atoms with E-state index in [-0.39, 0.29) is 6.04 Å². The van der Waals surface area contributed by atoms with Gasteiger partial charge in [-0.1, -0.05) is 23.7 Å². The number of nitrogens with one attached hydrogen (secondary N) is 1. The van der Waals surface area contributed by atoms with Gasteiger partial charge in [-0.25, -0.2) is 4.98 Å². The summed E-state index contributed by atoms with van der Waals surface area (Å²) in [6, 6.07) is 12.1. The van der Waals surface area contributed by atoms with Crippen LogP contribution in [-0.2, 0) is 0 Å². The van der Waals surface area contributed by atoms with Crippen LogP contribution in [-0.4, -0.2) is 19.1 Å². The number of anilines is 2. The van der Waals surface area contributed by atoms with Gasteiger partial charge < -0.3 is 10.2 Å². The van der Waals surface area contributed by atoms with E-state index >= 15 is 0 Å². The smallest absolute Gasteiger partial charge is 0.128 e. The van der Waals surface area contributed by atoms with E-state index < -0.39 is 0 Å². The van der Waals surface area contributed by atoms with Crippen LogP contribution in [0, 0.1) is 0 Å². The largest absolute Gasteiger partial charge is 0.377 e. The van der Waals surface area contributed by atoms with Crippen molar-refractivity contribution in [3.05, 3.63) is 53.2 Å². The molecule has 1 aromatic heterocycles. The average Bonchev–Trinajstić information content (AvgIpc) is 2.40. The summed E-state index contributed by atoms with van der Waals surface area (Å²) in [4.78, 5) is 6.36. The van der Waals surface area contributed by atoms with Crippen LogP contribution in [0.15, 0.2) is 42.6 Å². The Bertz CT molecular complexity index is 520. The standard InChI is InChI=1S/C15H18ClN3/c1-11(12-4-6-13(16)7-5-12)18-14-8-9-15(17-10-14)19(2)3/h4-11,18H,1-3H3. The first-order chi connectivity index (χ1) is 9.06. The molecule has 4 heteroatoms. The molecule has 1 atom stereocenters. The highest BCUT2D eigenvalue weighted by Gasteiger charge is 2.05. The second kappa shape index (κ2) is 5.93. The van der Waals surface area contributed by atoms with Crippen molar-refractivity contribution in [3.8, 4) is 0 Å². The zero-order chi connectivity index (χ0) is 13.8. The van der Waals surface area contributed by atoms with E-state index in [4.69, 9.17) is 11.6 Å². The fourth-order valence-corrected chi connectivity index (χ4v) is 1.95. The molecule has 1 heterocycles. The summed E-state index contributed by atoms with van der Waals surface area (Å²) in [6.45, 7) is 2.11. The lowest BCUT2D eigenvalue weighted by molar-refractivity contribution is 0.882. The Morgan fingerprint density at radius 1 is 1.11 bits per heavy atom. The van der Waals surface area contributed by atoms with Crippen molar-refractivity contribution in [1.29, 1.82) is 0 Å². The van der Waals surface area contributed by atoms with E-state index in [1.165, 1.54) is 5.56 Å². The first-order valence-electron chi connectivity index (χ1n) is 6.21. The van der Waals surface area contributed by atoms with Gasteiger partial charge in [-0.2, -0.15) is 0 Å². The monoisotopic (exact) mass is 275 g/mol. The van der Waals surface area contributed by atoms with Gasteiger partial charge >= 0.3 is 0 Å². The predicted molar refractivity (Wildman–Crippen MR) is 82.1 cm³/mol. The summed E-state index contributed by atoms with van der Waals surface area (Å²) < 4.78 is 0. The fraction of sp³-hybridized carbons (Fsp3) is 0.267. The van der Waals surface area contributed by atoms with Crippen molar-refractivity contribution >= 4 is 23.1 Å². The molecule has 0 spiro atoms. The molecule has 0 aliphatic heterocycles. The summed E-state index contributed by atoms with van der Waals surface area (Å²) in [6.07, 6.45) is 1.85. The molecule has 0 saturated carbocycles. The molecule has 0 amide bonds. The number of nitrogens with zero attached hydrogens (tertiary/aromatic N) is 2. The number of benzene rings is 1. The maximum absolute atomic E-state index is 5.89. The van der Waals surface area contributed by atoms with E-state index in [2.05, 4.69) is 17.2 Å². The quantitative estimate of drug-likeness (QED) is 0.915. The van der Waals surface area contributed by atoms with Crippen molar-refractivity contribution in [2.45, 2.75) is 13.0 Å². The number of hydrogen-bond donors (Lipinski definition) is 1. The molecule has 3 nitrogen and oxygen atoms in total. The molecule has 1 unspecified atom stereocenters. The molecule has 2 aromatic rings. The summed E-state index contributed by atoms with van der Waals surface area (Å²) in [7, 11) is 3.96. The van der Waals surface area contributed by atoms with Crippen LogP contribution in [0.2, 0.25) is 5.02 Å². The van der Waals surface area contributed by atoms with E-state index in [1.54, 1.807) is 0 Å². The zero-order valence-corrected chi connectivity index (χ0v) is 12.1. The normalized spacial score (nSPS) is 12.0. The second-order valence-electron chi connectivity index (χ2n) is 4.72. The number of rotatable bonds is 4. The SMILES string of the molecule is CC(Nc1ccc(N(C)C)nc1)c1ccc(Cl)cc1. The van der Waals surface area contributed by atoms with E-state index in [1.807, 2.05) is 61.6 Å². The Hall–Kier alpha value is -1.74. The summed E-state index contributed by atoms with van der Waals surface area (Å²) >= 11 is 5.89. The van der Waals surface area contributed by atoms with Crippen molar-refractivity contribution in [2.75, 3.05) is 24.3 Å². The van der Waals surface area contributed by atoms with Crippen LogP contribution in [0.4, 0.5) is 11.5 Å². The van der Waals surface area contributed by atoms with Gasteiger partial charge in [-0.15, -0.1) is 0 Å². The van der Waals surface area contributed by atoms with Gasteiger partial charge in [0, 0.05) is 25.2 Å². The molecule has 0 bridgehead atoms. The van der Waals surface area contributed by atoms with Gasteiger partial charge in [0.05, 0.1) is 11.9 Å². The number of hydrogen-bond acceptors (Lipinski definition) is 3. The Morgan fingerprint density at radius 2 is 1.79 bits per heavy atom. The molecule has 0 aliphatic rings. The van der Waals surface area contributed by atoms with Gasteiger partial charge in [0.25, 0.3) is 0 Å². The third kappa shape index (κ3) is 3.61. The van der Waals surface area contributed by atoms with Crippen molar-refractivity contribution in [2.24, 2.45) is 0 Å². The Morgan fingerprint density at radius 3 is 2.32 bits per heavy atom. The molecule has 0 aliphatic carbocycles. The lowest BCUT2D eigenvalue weighted by Gasteiger charge is -2.17. The van der Waals surface area contributed by atoms with Crippen LogP contribution in [0.25, 0.3) is 0 Å². The molecule has 100 valence electrons. The van der Waals surface area contributed by atoms with Gasteiger partial charge in [0.15, 0.2) is 0 Å². The zero-order valence-electron chi connectivity index (χ0n) is 11.4. The molecule has 1 N–H and O–H groups in total. The third-order valence-electron chi connectivity index (χ3n) is 2.96. The Labute approximate surface area is 119 Å². The first-order valence-corrected chi connectivity index (χ1v) is 6.59. The molecule has 0 radical (unpaired) electrons. The second-order valence-corrected chi connectivity index (χ2v) is 5.15. The summed E-state index contributed by atoms with van der Waals surface area (Å²) in [5.41, 5.74) is 2.20. The first kappa shape index (κ1) is 13.7. The average molecular weight is 276 g/mol. The van der Waals surface area contributed by atoms with Crippen LogP contribution >= 0.6 is 11.6 Å².